The van der Waals surface area contributed by atoms with E-state index in [1.54, 1.807) is 22.4 Å². The number of nitrogens with zero attached hydrogens (tertiary/aromatic N) is 2. The molecule has 1 amide bonds. The van der Waals surface area contributed by atoms with Crippen molar-refractivity contribution in [3.05, 3.63) is 77.1 Å². The number of hydrogen-bond donors (Lipinski definition) is 2. The highest BCUT2D eigenvalue weighted by Gasteiger charge is 2.36. The van der Waals surface area contributed by atoms with Gasteiger partial charge in [0.25, 0.3) is 15.9 Å². The first-order valence-electron chi connectivity index (χ1n) is 9.57. The van der Waals surface area contributed by atoms with Crippen LogP contribution in [0.3, 0.4) is 0 Å². The number of sulfonamides is 1. The summed E-state index contributed by atoms with van der Waals surface area (Å²) in [7, 11) is -3.79. The van der Waals surface area contributed by atoms with Crippen molar-refractivity contribution in [1.82, 2.24) is 9.88 Å². The molecule has 162 valence electrons. The monoisotopic (exact) mass is 461 g/mol. The van der Waals surface area contributed by atoms with Crippen LogP contribution in [-0.4, -0.2) is 42.4 Å². The topological polar surface area (TPSA) is 99.6 Å². The van der Waals surface area contributed by atoms with E-state index in [0.29, 0.717) is 24.2 Å². The fourth-order valence-corrected chi connectivity index (χ4v) is 5.34. The minimum absolute atomic E-state index is 0.0263. The molecule has 0 unspecified atom stereocenters. The lowest BCUT2D eigenvalue weighted by atomic mass is 9.84. The number of carbonyl (C=O) groups excluding carboxylic acids is 1. The van der Waals surface area contributed by atoms with E-state index >= 15 is 0 Å². The summed E-state index contributed by atoms with van der Waals surface area (Å²) in [6.07, 6.45) is 2.07. The van der Waals surface area contributed by atoms with Crippen molar-refractivity contribution in [2.45, 2.75) is 23.3 Å². The van der Waals surface area contributed by atoms with Crippen LogP contribution in [0.1, 0.15) is 28.8 Å². The molecule has 3 aromatic rings. The van der Waals surface area contributed by atoms with Crippen molar-refractivity contribution in [2.75, 3.05) is 17.8 Å². The first-order chi connectivity index (χ1) is 14.8. The lowest BCUT2D eigenvalue weighted by Gasteiger charge is -2.38. The number of hydrogen-bond acceptors (Lipinski definition) is 6. The fraction of sp³-hybridized carbons (Fsp3) is 0.238. The zero-order valence-corrected chi connectivity index (χ0v) is 18.0. The molecular weight excluding hydrogens is 441 g/mol. The maximum Gasteiger partial charge on any atom is 0.263 e. The van der Waals surface area contributed by atoms with E-state index in [4.69, 9.17) is 0 Å². The minimum atomic E-state index is -3.79. The van der Waals surface area contributed by atoms with Gasteiger partial charge in [0.15, 0.2) is 5.13 Å². The third-order valence-electron chi connectivity index (χ3n) is 5.31. The van der Waals surface area contributed by atoms with Crippen LogP contribution in [0.2, 0.25) is 0 Å². The average molecular weight is 462 g/mol. The third kappa shape index (κ3) is 4.60. The first-order valence-corrected chi connectivity index (χ1v) is 11.9. The van der Waals surface area contributed by atoms with E-state index in [-0.39, 0.29) is 28.8 Å². The van der Waals surface area contributed by atoms with Gasteiger partial charge in [0, 0.05) is 30.2 Å². The highest BCUT2D eigenvalue weighted by Crippen LogP contribution is 2.33. The summed E-state index contributed by atoms with van der Waals surface area (Å²) in [5.74, 6) is -0.665. The molecule has 7 nitrogen and oxygen atoms in total. The lowest BCUT2D eigenvalue weighted by molar-refractivity contribution is -0.0213. The van der Waals surface area contributed by atoms with Crippen LogP contribution in [0.25, 0.3) is 0 Å². The molecule has 2 aromatic carbocycles. The molecule has 1 aliphatic heterocycles. The zero-order chi connectivity index (χ0) is 22.1. The predicted molar refractivity (Wildman–Crippen MR) is 115 cm³/mol. The summed E-state index contributed by atoms with van der Waals surface area (Å²) in [4.78, 5) is 18.4. The van der Waals surface area contributed by atoms with Gasteiger partial charge in [0.05, 0.1) is 10.5 Å². The van der Waals surface area contributed by atoms with Crippen molar-refractivity contribution in [2.24, 2.45) is 0 Å². The lowest BCUT2D eigenvalue weighted by Crippen LogP contribution is -2.45. The molecule has 0 saturated carbocycles. The SMILES string of the molecule is O=C(c1ccc(S(=O)(=O)Nc2nccs2)cc1)N1CCC(O)(c2cccc(F)c2)CC1. The quantitative estimate of drug-likeness (QED) is 0.608. The Morgan fingerprint density at radius 1 is 1.16 bits per heavy atom. The Bertz CT molecular complexity index is 1170. The minimum Gasteiger partial charge on any atom is -0.385 e. The zero-order valence-electron chi connectivity index (χ0n) is 16.4. The van der Waals surface area contributed by atoms with E-state index in [1.165, 1.54) is 53.9 Å². The summed E-state index contributed by atoms with van der Waals surface area (Å²) in [5, 5.41) is 12.8. The normalized spacial score (nSPS) is 16.1. The molecule has 1 aliphatic rings. The van der Waals surface area contributed by atoms with Gasteiger partial charge in [-0.15, -0.1) is 11.3 Å². The van der Waals surface area contributed by atoms with Crippen molar-refractivity contribution in [3.8, 4) is 0 Å². The van der Waals surface area contributed by atoms with E-state index < -0.39 is 21.4 Å². The molecule has 31 heavy (non-hydrogen) atoms. The van der Waals surface area contributed by atoms with Gasteiger partial charge in [-0.1, -0.05) is 12.1 Å². The van der Waals surface area contributed by atoms with Crippen molar-refractivity contribution < 1.29 is 22.7 Å². The number of aliphatic hydroxyl groups is 1. The van der Waals surface area contributed by atoms with Crippen LogP contribution in [0.5, 0.6) is 0 Å². The number of aromatic nitrogens is 1. The Hall–Kier alpha value is -2.82. The average Bonchev–Trinajstić information content (AvgIpc) is 3.26. The molecular formula is C21H20FN3O4S2. The second-order valence-electron chi connectivity index (χ2n) is 7.30. The highest BCUT2D eigenvalue weighted by molar-refractivity contribution is 7.93. The van der Waals surface area contributed by atoms with Crippen molar-refractivity contribution >= 4 is 32.4 Å². The molecule has 0 radical (unpaired) electrons. The molecule has 10 heteroatoms. The van der Waals surface area contributed by atoms with Gasteiger partial charge in [0.2, 0.25) is 0 Å². The highest BCUT2D eigenvalue weighted by atomic mass is 32.2. The standard InChI is InChI=1S/C21H20FN3O4S2/c22-17-3-1-2-16(14-17)21(27)8-11-25(12-9-21)19(26)15-4-6-18(7-5-15)31(28,29)24-20-23-10-13-30-20/h1-7,10,13-14,27H,8-9,11-12H2,(H,23,24). The molecule has 1 fully saturated rings. The van der Waals surface area contributed by atoms with Crippen LogP contribution >= 0.6 is 11.3 Å². The Labute approximate surface area is 183 Å². The first kappa shape index (κ1) is 21.4. The summed E-state index contributed by atoms with van der Waals surface area (Å²) < 4.78 is 40.7. The second kappa shape index (κ2) is 8.37. The van der Waals surface area contributed by atoms with Crippen molar-refractivity contribution in [3.63, 3.8) is 0 Å². The van der Waals surface area contributed by atoms with Crippen LogP contribution in [0, 0.1) is 5.82 Å². The molecule has 0 spiro atoms. The molecule has 1 aromatic heterocycles. The summed E-state index contributed by atoms with van der Waals surface area (Å²) in [6.45, 7) is 0.606. The number of piperidine rings is 1. The molecule has 2 heterocycles. The van der Waals surface area contributed by atoms with E-state index in [9.17, 15) is 22.7 Å². The van der Waals surface area contributed by atoms with Gasteiger partial charge in [-0.05, 0) is 54.8 Å². The Morgan fingerprint density at radius 3 is 2.48 bits per heavy atom. The number of halogens is 1. The van der Waals surface area contributed by atoms with Gasteiger partial charge in [0.1, 0.15) is 5.82 Å². The number of amides is 1. The summed E-state index contributed by atoms with van der Waals surface area (Å²) >= 11 is 1.17. The maximum atomic E-state index is 13.5. The largest absolute Gasteiger partial charge is 0.385 e. The van der Waals surface area contributed by atoms with Gasteiger partial charge in [-0.3, -0.25) is 9.52 Å². The summed E-state index contributed by atoms with van der Waals surface area (Å²) in [6, 6.07) is 11.5. The summed E-state index contributed by atoms with van der Waals surface area (Å²) in [5.41, 5.74) is -0.329. The molecule has 0 bridgehead atoms. The number of nitrogens with one attached hydrogen (secondary N) is 1. The number of likely N-dealkylation sites (tertiary alicyclic amines) is 1. The maximum absolute atomic E-state index is 13.5. The Kier molecular flexibility index (Phi) is 5.78. The van der Waals surface area contributed by atoms with E-state index in [1.807, 2.05) is 0 Å². The van der Waals surface area contributed by atoms with Gasteiger partial charge in [-0.2, -0.15) is 0 Å². The van der Waals surface area contributed by atoms with Gasteiger partial charge in [-0.25, -0.2) is 17.8 Å². The van der Waals surface area contributed by atoms with E-state index in [2.05, 4.69) is 9.71 Å². The number of carbonyl (C=O) groups is 1. The van der Waals surface area contributed by atoms with Crippen LogP contribution < -0.4 is 4.72 Å². The van der Waals surface area contributed by atoms with Crippen LogP contribution in [0.4, 0.5) is 9.52 Å². The smallest absolute Gasteiger partial charge is 0.263 e. The number of anilines is 1. The molecule has 2 N–H and O–H groups in total. The molecule has 0 aliphatic carbocycles. The molecule has 1 saturated heterocycles. The third-order valence-corrected chi connectivity index (χ3v) is 7.48. The molecule has 0 atom stereocenters. The second-order valence-corrected chi connectivity index (χ2v) is 9.88. The number of thiazole rings is 1. The van der Waals surface area contributed by atoms with Crippen LogP contribution in [-0.2, 0) is 15.6 Å². The Balaban J connectivity index is 1.42. The van der Waals surface area contributed by atoms with E-state index in [0.717, 1.165) is 0 Å². The van der Waals surface area contributed by atoms with Gasteiger partial charge < -0.3 is 10.0 Å². The number of benzene rings is 2. The van der Waals surface area contributed by atoms with Crippen molar-refractivity contribution in [1.29, 1.82) is 0 Å². The fourth-order valence-electron chi connectivity index (χ4n) is 3.55. The molecule has 4 rings (SSSR count). The number of rotatable bonds is 5. The predicted octanol–water partition coefficient (Wildman–Crippen LogP) is 3.21. The van der Waals surface area contributed by atoms with Crippen LogP contribution in [0.15, 0.2) is 65.0 Å². The Morgan fingerprint density at radius 2 is 1.87 bits per heavy atom. The van der Waals surface area contributed by atoms with Gasteiger partial charge >= 0.3 is 0 Å².